The summed E-state index contributed by atoms with van der Waals surface area (Å²) in [6, 6.07) is 1.39. The van der Waals surface area contributed by atoms with E-state index in [0.717, 1.165) is 5.92 Å². The third-order valence-electron chi connectivity index (χ3n) is 1.99. The minimum absolute atomic E-state index is 0.143. The molecule has 1 rings (SSSR count). The molecule has 0 heterocycles. The van der Waals surface area contributed by atoms with Gasteiger partial charge in [0.15, 0.2) is 0 Å². The lowest BCUT2D eigenvalue weighted by Gasteiger charge is -2.01. The van der Waals surface area contributed by atoms with Gasteiger partial charge in [-0.15, -0.1) is 0 Å². The van der Waals surface area contributed by atoms with Crippen molar-refractivity contribution in [3.05, 3.63) is 0 Å². The van der Waals surface area contributed by atoms with Crippen molar-refractivity contribution in [3.8, 4) is 0 Å². The Bertz CT molecular complexity index is 59.5. The zero-order valence-electron chi connectivity index (χ0n) is 5.20. The van der Waals surface area contributed by atoms with E-state index in [1.165, 1.54) is 31.7 Å². The molecule has 0 spiro atoms. The van der Waals surface area contributed by atoms with Crippen molar-refractivity contribution in [2.45, 2.75) is 31.7 Å². The Kier molecular flexibility index (Phi) is 2.91. The molecule has 0 nitrogen and oxygen atoms in total. The van der Waals surface area contributed by atoms with Crippen molar-refractivity contribution in [1.82, 2.24) is 0 Å². The minimum Gasteiger partial charge on any atom is -0.176 e. The molecule has 0 bridgehead atoms. The Morgan fingerprint density at radius 3 is 2.50 bits per heavy atom. The molecule has 0 N–H and O–H groups in total. The van der Waals surface area contributed by atoms with Crippen molar-refractivity contribution < 1.29 is 0 Å². The van der Waals surface area contributed by atoms with Crippen LogP contribution in [-0.2, 0) is 0 Å². The van der Waals surface area contributed by atoms with Crippen LogP contribution in [0.3, 0.4) is 0 Å². The molecule has 0 unspecified atom stereocenters. The average Bonchev–Trinajstić information content (AvgIpc) is 2.19. The van der Waals surface area contributed by atoms with Crippen molar-refractivity contribution >= 4 is 19.9 Å². The van der Waals surface area contributed by atoms with E-state index < -0.39 is 0 Å². The van der Waals surface area contributed by atoms with Crippen molar-refractivity contribution in [2.75, 3.05) is 0 Å². The second kappa shape index (κ2) is 3.52. The molecule has 8 heavy (non-hydrogen) atoms. The van der Waals surface area contributed by atoms with Crippen LogP contribution >= 0.6 is 11.1 Å². The van der Waals surface area contributed by atoms with Crippen LogP contribution in [0.1, 0.15) is 25.7 Å². The van der Waals surface area contributed by atoms with E-state index in [1.54, 1.807) is 0 Å². The largest absolute Gasteiger partial charge is 0.176 e. The first kappa shape index (κ1) is 6.62. The monoisotopic (exact) mass is 148 g/mol. The van der Waals surface area contributed by atoms with Gasteiger partial charge < -0.3 is 0 Å². The van der Waals surface area contributed by atoms with Gasteiger partial charge in [0.2, 0.25) is 0 Å². The summed E-state index contributed by atoms with van der Waals surface area (Å²) in [5.41, 5.74) is 0. The first-order valence-electron chi connectivity index (χ1n) is 3.49. The minimum atomic E-state index is -0.143. The summed E-state index contributed by atoms with van der Waals surface area (Å²) in [6.45, 7) is 0. The number of hydrogen-bond donors (Lipinski definition) is 0. The van der Waals surface area contributed by atoms with Crippen LogP contribution in [0.25, 0.3) is 0 Å². The van der Waals surface area contributed by atoms with E-state index >= 15 is 0 Å². The maximum absolute atomic E-state index is 5.72. The highest BCUT2D eigenvalue weighted by Gasteiger charge is 2.13. The Balaban J connectivity index is 2.06. The Morgan fingerprint density at radius 1 is 1.38 bits per heavy atom. The lowest BCUT2D eigenvalue weighted by atomic mass is 10.1. The molecule has 1 saturated carbocycles. The molecule has 0 amide bonds. The van der Waals surface area contributed by atoms with Crippen molar-refractivity contribution in [3.63, 3.8) is 0 Å². The topological polar surface area (TPSA) is 0 Å². The van der Waals surface area contributed by atoms with E-state index in [4.69, 9.17) is 11.1 Å². The van der Waals surface area contributed by atoms with Gasteiger partial charge in [0.25, 0.3) is 0 Å². The molecule has 0 aromatic heterocycles. The smallest absolute Gasteiger partial charge is 0.125 e. The summed E-state index contributed by atoms with van der Waals surface area (Å²) >= 11 is 5.72. The molecular weight excluding hydrogens is 136 g/mol. The van der Waals surface area contributed by atoms with E-state index in [2.05, 4.69) is 0 Å². The fourth-order valence-corrected chi connectivity index (χ4v) is 3.27. The van der Waals surface area contributed by atoms with Gasteiger partial charge >= 0.3 is 0 Å². The van der Waals surface area contributed by atoms with Crippen molar-refractivity contribution in [1.29, 1.82) is 0 Å². The van der Waals surface area contributed by atoms with Gasteiger partial charge in [0.1, 0.15) is 8.83 Å². The molecular formula is C6H13ClSi. The lowest BCUT2D eigenvalue weighted by molar-refractivity contribution is 0.610. The van der Waals surface area contributed by atoms with Crippen LogP contribution in [0.5, 0.6) is 0 Å². The zero-order valence-corrected chi connectivity index (χ0v) is 7.37. The summed E-state index contributed by atoms with van der Waals surface area (Å²) in [5, 5.41) is 0. The van der Waals surface area contributed by atoms with Gasteiger partial charge in [0, 0.05) is 0 Å². The number of halogens is 1. The summed E-state index contributed by atoms with van der Waals surface area (Å²) in [4.78, 5) is 0. The highest BCUT2D eigenvalue weighted by atomic mass is 35.6. The number of rotatable bonds is 2. The maximum atomic E-state index is 5.72. The van der Waals surface area contributed by atoms with Gasteiger partial charge in [0.05, 0.1) is 0 Å². The van der Waals surface area contributed by atoms with Gasteiger partial charge in [-0.3, -0.25) is 0 Å². The van der Waals surface area contributed by atoms with Crippen molar-refractivity contribution in [2.24, 2.45) is 5.92 Å². The molecule has 1 fully saturated rings. The normalized spacial score (nSPS) is 23.6. The van der Waals surface area contributed by atoms with Crippen LogP contribution in [0.15, 0.2) is 0 Å². The molecule has 0 aromatic rings. The van der Waals surface area contributed by atoms with Crippen LogP contribution < -0.4 is 0 Å². The maximum Gasteiger partial charge on any atom is 0.125 e. The van der Waals surface area contributed by atoms with Crippen LogP contribution in [0, 0.1) is 5.92 Å². The molecule has 0 saturated heterocycles. The SMILES string of the molecule is Cl[SiH2]CC1CCCC1. The summed E-state index contributed by atoms with van der Waals surface area (Å²) in [7, 11) is -0.143. The van der Waals surface area contributed by atoms with Crippen LogP contribution in [0.2, 0.25) is 6.04 Å². The zero-order chi connectivity index (χ0) is 5.82. The van der Waals surface area contributed by atoms with Crippen LogP contribution in [-0.4, -0.2) is 8.83 Å². The van der Waals surface area contributed by atoms with E-state index in [9.17, 15) is 0 Å². The molecule has 2 heteroatoms. The summed E-state index contributed by atoms with van der Waals surface area (Å²) in [6.07, 6.45) is 5.88. The number of hydrogen-bond acceptors (Lipinski definition) is 0. The molecule has 0 atom stereocenters. The molecule has 0 radical (unpaired) electrons. The second-order valence-corrected chi connectivity index (χ2v) is 4.72. The summed E-state index contributed by atoms with van der Waals surface area (Å²) in [5.74, 6) is 1.04. The predicted octanol–water partition coefficient (Wildman–Crippen LogP) is 1.92. The third kappa shape index (κ3) is 1.79. The molecule has 0 aromatic carbocycles. The highest BCUT2D eigenvalue weighted by Crippen LogP contribution is 2.27. The first-order chi connectivity index (χ1) is 3.93. The summed E-state index contributed by atoms with van der Waals surface area (Å²) < 4.78 is 0. The quantitative estimate of drug-likeness (QED) is 0.415. The molecule has 0 aliphatic heterocycles. The van der Waals surface area contributed by atoms with Gasteiger partial charge in [-0.1, -0.05) is 25.7 Å². The highest BCUT2D eigenvalue weighted by molar-refractivity contribution is 6.93. The second-order valence-electron chi connectivity index (χ2n) is 2.63. The van der Waals surface area contributed by atoms with Gasteiger partial charge in [-0.05, 0) is 12.0 Å². The van der Waals surface area contributed by atoms with E-state index in [-0.39, 0.29) is 8.83 Å². The van der Waals surface area contributed by atoms with Gasteiger partial charge in [-0.2, -0.15) is 11.1 Å². The Labute approximate surface area is 58.1 Å². The van der Waals surface area contributed by atoms with E-state index in [1.807, 2.05) is 0 Å². The van der Waals surface area contributed by atoms with E-state index in [0.29, 0.717) is 0 Å². The standard InChI is InChI=1S/C6H13ClSi/c7-8-5-6-3-1-2-4-6/h6H,1-5,8H2. The third-order valence-corrected chi connectivity index (χ3v) is 3.68. The van der Waals surface area contributed by atoms with Crippen LogP contribution in [0.4, 0.5) is 0 Å². The lowest BCUT2D eigenvalue weighted by Crippen LogP contribution is -1.93. The predicted molar refractivity (Wildman–Crippen MR) is 41.2 cm³/mol. The first-order valence-corrected chi connectivity index (χ1v) is 6.63. The molecule has 48 valence electrons. The molecule has 1 aliphatic rings. The molecule has 1 aliphatic carbocycles. The Hall–Kier alpha value is 0.507. The fraction of sp³-hybridized carbons (Fsp3) is 1.00. The average molecular weight is 149 g/mol. The van der Waals surface area contributed by atoms with Gasteiger partial charge in [-0.25, -0.2) is 0 Å². The fourth-order valence-electron chi connectivity index (χ4n) is 1.45. The Morgan fingerprint density at radius 2 is 2.00 bits per heavy atom.